The third-order valence-corrected chi connectivity index (χ3v) is 2.78. The van der Waals surface area contributed by atoms with E-state index >= 15 is 0 Å². The summed E-state index contributed by atoms with van der Waals surface area (Å²) in [6.45, 7) is 0.422. The van der Waals surface area contributed by atoms with E-state index in [0.29, 0.717) is 29.8 Å². The Balaban J connectivity index is 2.40. The molecule has 0 amide bonds. The van der Waals surface area contributed by atoms with E-state index in [4.69, 9.17) is 5.84 Å². The van der Waals surface area contributed by atoms with E-state index < -0.39 is 12.6 Å². The minimum atomic E-state index is -4.09. The van der Waals surface area contributed by atoms with Crippen molar-refractivity contribution in [3.05, 3.63) is 6.07 Å². The van der Waals surface area contributed by atoms with Gasteiger partial charge in [-0.2, -0.15) is 13.2 Å². The van der Waals surface area contributed by atoms with Gasteiger partial charge in [0.25, 0.3) is 0 Å². The summed E-state index contributed by atoms with van der Waals surface area (Å²) in [5.41, 5.74) is 2.41. The van der Waals surface area contributed by atoms with Gasteiger partial charge in [-0.05, 0) is 19.1 Å². The molecule has 0 aliphatic rings. The van der Waals surface area contributed by atoms with Crippen LogP contribution in [-0.2, 0) is 0 Å². The molecule has 0 bridgehead atoms. The van der Waals surface area contributed by atoms with E-state index in [9.17, 15) is 13.2 Å². The lowest BCUT2D eigenvalue weighted by Gasteiger charge is -2.09. The molecule has 0 aliphatic heterocycles. The second-order valence-corrected chi connectivity index (χ2v) is 4.54. The minimum absolute atomic E-state index is 0.0962. The molecule has 0 atom stereocenters. The van der Waals surface area contributed by atoms with Gasteiger partial charge in [0.15, 0.2) is 5.16 Å². The van der Waals surface area contributed by atoms with Crippen LogP contribution in [0.3, 0.4) is 0 Å². The van der Waals surface area contributed by atoms with Crippen LogP contribution in [0.1, 0.15) is 19.3 Å². The summed E-state index contributed by atoms with van der Waals surface area (Å²) >= 11 is 1.35. The summed E-state index contributed by atoms with van der Waals surface area (Å²) in [5, 5.41) is 3.49. The molecule has 9 heteroatoms. The van der Waals surface area contributed by atoms with Crippen molar-refractivity contribution in [2.45, 2.75) is 30.6 Å². The largest absolute Gasteiger partial charge is 0.389 e. The van der Waals surface area contributed by atoms with Gasteiger partial charge < -0.3 is 10.7 Å². The van der Waals surface area contributed by atoms with Crippen molar-refractivity contribution in [3.8, 4) is 0 Å². The lowest BCUT2D eigenvalue weighted by molar-refractivity contribution is -0.135. The van der Waals surface area contributed by atoms with Crippen molar-refractivity contribution in [2.24, 2.45) is 5.84 Å². The molecule has 0 fully saturated rings. The van der Waals surface area contributed by atoms with Gasteiger partial charge in [0.2, 0.25) is 0 Å². The Labute approximate surface area is 113 Å². The first-order chi connectivity index (χ1) is 8.94. The van der Waals surface area contributed by atoms with Crippen molar-refractivity contribution in [1.82, 2.24) is 9.97 Å². The van der Waals surface area contributed by atoms with E-state index in [1.807, 2.05) is 6.26 Å². The third-order valence-electron chi connectivity index (χ3n) is 2.23. The van der Waals surface area contributed by atoms with Crippen molar-refractivity contribution < 1.29 is 13.2 Å². The standard InChI is InChI=1S/C10H16F3N5S/c1-19-9-16-7(6-8(17-9)18-14)15-5-3-2-4-10(11,12)13/h6H,2-5,14H2,1H3,(H2,15,16,17,18). The Bertz CT molecular complexity index is 377. The highest BCUT2D eigenvalue weighted by molar-refractivity contribution is 7.98. The summed E-state index contributed by atoms with van der Waals surface area (Å²) in [4.78, 5) is 8.24. The first-order valence-electron chi connectivity index (χ1n) is 5.65. The molecule has 1 rings (SSSR count). The Hall–Kier alpha value is -1.22. The van der Waals surface area contributed by atoms with E-state index in [-0.39, 0.29) is 6.42 Å². The Morgan fingerprint density at radius 3 is 2.53 bits per heavy atom. The number of nitrogens with two attached hydrogens (primary N) is 1. The number of nitrogens with zero attached hydrogens (tertiary/aromatic N) is 2. The zero-order chi connectivity index (χ0) is 14.3. The highest BCUT2D eigenvalue weighted by atomic mass is 32.2. The average molecular weight is 295 g/mol. The monoisotopic (exact) mass is 295 g/mol. The third kappa shape index (κ3) is 6.48. The molecular formula is C10H16F3N5S. The number of nitrogen functional groups attached to an aromatic ring is 1. The number of anilines is 2. The molecule has 4 N–H and O–H groups in total. The summed E-state index contributed by atoms with van der Waals surface area (Å²) in [5.74, 6) is 6.26. The maximum absolute atomic E-state index is 11.9. The molecule has 0 saturated carbocycles. The molecule has 0 aliphatic carbocycles. The van der Waals surface area contributed by atoms with Gasteiger partial charge in [0, 0.05) is 19.0 Å². The molecule has 1 aromatic heterocycles. The van der Waals surface area contributed by atoms with E-state index in [1.165, 1.54) is 11.8 Å². The van der Waals surface area contributed by atoms with Crippen LogP contribution in [-0.4, -0.2) is 28.9 Å². The Kier molecular flexibility index (Phi) is 6.16. The predicted molar refractivity (Wildman–Crippen MR) is 70.0 cm³/mol. The van der Waals surface area contributed by atoms with Crippen LogP contribution in [0, 0.1) is 0 Å². The van der Waals surface area contributed by atoms with Crippen LogP contribution < -0.4 is 16.6 Å². The fourth-order valence-corrected chi connectivity index (χ4v) is 1.73. The van der Waals surface area contributed by atoms with E-state index in [0.717, 1.165) is 0 Å². The van der Waals surface area contributed by atoms with Crippen molar-refractivity contribution in [1.29, 1.82) is 0 Å². The maximum atomic E-state index is 11.9. The molecule has 1 aromatic rings. The molecule has 0 unspecified atom stereocenters. The lowest BCUT2D eigenvalue weighted by Crippen LogP contribution is -2.12. The Morgan fingerprint density at radius 2 is 1.95 bits per heavy atom. The van der Waals surface area contributed by atoms with Crippen molar-refractivity contribution in [2.75, 3.05) is 23.5 Å². The van der Waals surface area contributed by atoms with Gasteiger partial charge in [-0.1, -0.05) is 11.8 Å². The summed E-state index contributed by atoms with van der Waals surface area (Å²) in [6, 6.07) is 1.60. The number of thioether (sulfide) groups is 1. The smallest absolute Gasteiger partial charge is 0.370 e. The maximum Gasteiger partial charge on any atom is 0.389 e. The van der Waals surface area contributed by atoms with E-state index in [2.05, 4.69) is 20.7 Å². The van der Waals surface area contributed by atoms with Gasteiger partial charge in [-0.3, -0.25) is 0 Å². The lowest BCUT2D eigenvalue weighted by atomic mass is 10.2. The highest BCUT2D eigenvalue weighted by Gasteiger charge is 2.25. The SMILES string of the molecule is CSc1nc(NN)cc(NCCCCC(F)(F)F)n1. The van der Waals surface area contributed by atoms with Crippen LogP contribution in [0.15, 0.2) is 11.2 Å². The van der Waals surface area contributed by atoms with Gasteiger partial charge in [-0.25, -0.2) is 15.8 Å². The fraction of sp³-hybridized carbons (Fsp3) is 0.600. The molecular weight excluding hydrogens is 279 g/mol. The number of hydrogen-bond acceptors (Lipinski definition) is 6. The zero-order valence-corrected chi connectivity index (χ0v) is 11.2. The summed E-state index contributed by atoms with van der Waals surface area (Å²) in [6.07, 6.45) is -2.51. The van der Waals surface area contributed by atoms with Crippen LogP contribution >= 0.6 is 11.8 Å². The number of halogens is 3. The molecule has 108 valence electrons. The van der Waals surface area contributed by atoms with Gasteiger partial charge in [-0.15, -0.1) is 0 Å². The number of rotatable bonds is 7. The average Bonchev–Trinajstić information content (AvgIpc) is 2.36. The second kappa shape index (κ2) is 7.39. The fourth-order valence-electron chi connectivity index (χ4n) is 1.35. The van der Waals surface area contributed by atoms with Crippen LogP contribution in [0.5, 0.6) is 0 Å². The molecule has 5 nitrogen and oxygen atoms in total. The molecule has 0 radical (unpaired) electrons. The first-order valence-corrected chi connectivity index (χ1v) is 6.87. The van der Waals surface area contributed by atoms with Gasteiger partial charge in [0.1, 0.15) is 11.6 Å². The van der Waals surface area contributed by atoms with Gasteiger partial charge in [0.05, 0.1) is 0 Å². The molecule has 0 spiro atoms. The van der Waals surface area contributed by atoms with Crippen LogP contribution in [0.2, 0.25) is 0 Å². The summed E-state index contributed by atoms with van der Waals surface area (Å²) < 4.78 is 35.8. The molecule has 1 heterocycles. The number of unbranched alkanes of at least 4 members (excludes halogenated alkanes) is 1. The zero-order valence-electron chi connectivity index (χ0n) is 10.4. The van der Waals surface area contributed by atoms with Crippen molar-refractivity contribution >= 4 is 23.4 Å². The number of hydrogen-bond donors (Lipinski definition) is 3. The normalized spacial score (nSPS) is 11.4. The number of aromatic nitrogens is 2. The number of nitrogens with one attached hydrogen (secondary N) is 2. The quantitative estimate of drug-likeness (QED) is 0.236. The predicted octanol–water partition coefficient (Wildman–Crippen LogP) is 2.63. The molecule has 0 aromatic carbocycles. The van der Waals surface area contributed by atoms with Crippen LogP contribution in [0.25, 0.3) is 0 Å². The molecule has 19 heavy (non-hydrogen) atoms. The van der Waals surface area contributed by atoms with Crippen molar-refractivity contribution in [3.63, 3.8) is 0 Å². The Morgan fingerprint density at radius 1 is 1.26 bits per heavy atom. The summed E-state index contributed by atoms with van der Waals surface area (Å²) in [7, 11) is 0. The number of alkyl halides is 3. The van der Waals surface area contributed by atoms with Crippen LogP contribution in [0.4, 0.5) is 24.8 Å². The first kappa shape index (κ1) is 15.8. The van der Waals surface area contributed by atoms with E-state index in [1.54, 1.807) is 6.07 Å². The minimum Gasteiger partial charge on any atom is -0.370 e. The van der Waals surface area contributed by atoms with Gasteiger partial charge >= 0.3 is 6.18 Å². The second-order valence-electron chi connectivity index (χ2n) is 3.77. The highest BCUT2D eigenvalue weighted by Crippen LogP contribution is 2.22. The number of hydrazine groups is 1. The topological polar surface area (TPSA) is 75.9 Å². The molecule has 0 saturated heterocycles.